The van der Waals surface area contributed by atoms with Crippen molar-refractivity contribution in [3.05, 3.63) is 0 Å². The molecule has 0 bridgehead atoms. The highest BCUT2D eigenvalue weighted by molar-refractivity contribution is 5.01. The van der Waals surface area contributed by atoms with Crippen LogP contribution in [0.1, 0.15) is 0 Å². The van der Waals surface area contributed by atoms with Gasteiger partial charge in [-0.2, -0.15) is 0 Å². The first kappa shape index (κ1) is 19.9. The Morgan fingerprint density at radius 2 is 1.33 bits per heavy atom. The minimum atomic E-state index is -1.64. The van der Waals surface area contributed by atoms with Crippen LogP contribution >= 0.6 is 0 Å². The topological polar surface area (TPSA) is 195 Å². The Balaban J connectivity index is 2.13. The Kier molecular flexibility index (Phi) is 6.50. The van der Waals surface area contributed by atoms with Crippen LogP contribution in [0.2, 0.25) is 0 Å². The van der Waals surface area contributed by atoms with E-state index >= 15 is 0 Å². The Morgan fingerprint density at radius 1 is 0.833 bits per heavy atom. The fourth-order valence-corrected chi connectivity index (χ4v) is 3.00. The zero-order chi connectivity index (χ0) is 18.2. The standard InChI is InChI=1S/C13H25NO10/c1-22-11-7(18)9(20)12(10(21)8(11)19)24-13-4(14)6(17)5(16)3(2-15)23-13/h3-13,15-21H,2,14H2,1H3/t3-,4-,5-,6-,7-,8+,9-,10-,11?,12?,13-/m1/s1. The molecule has 1 saturated heterocycles. The highest BCUT2D eigenvalue weighted by atomic mass is 16.7. The predicted octanol–water partition coefficient (Wildman–Crippen LogP) is -5.39. The van der Waals surface area contributed by atoms with Gasteiger partial charge in [-0.3, -0.25) is 0 Å². The van der Waals surface area contributed by atoms with Crippen molar-refractivity contribution in [1.29, 1.82) is 0 Å². The van der Waals surface area contributed by atoms with Crippen LogP contribution in [0.3, 0.4) is 0 Å². The van der Waals surface area contributed by atoms with Gasteiger partial charge in [0.25, 0.3) is 0 Å². The van der Waals surface area contributed by atoms with E-state index in [-0.39, 0.29) is 0 Å². The van der Waals surface area contributed by atoms with Gasteiger partial charge in [-0.25, -0.2) is 0 Å². The maximum absolute atomic E-state index is 10.1. The number of rotatable bonds is 4. The number of aliphatic hydroxyl groups excluding tert-OH is 7. The second-order valence-corrected chi connectivity index (χ2v) is 6.05. The predicted molar refractivity (Wildman–Crippen MR) is 75.4 cm³/mol. The quantitative estimate of drug-likeness (QED) is 0.240. The van der Waals surface area contributed by atoms with Crippen molar-refractivity contribution >= 4 is 0 Å². The molecular formula is C13H25NO10. The molecule has 0 radical (unpaired) electrons. The molecule has 1 aliphatic carbocycles. The Morgan fingerprint density at radius 3 is 1.79 bits per heavy atom. The first-order valence-electron chi connectivity index (χ1n) is 7.53. The van der Waals surface area contributed by atoms with Crippen LogP contribution < -0.4 is 5.73 Å². The van der Waals surface area contributed by atoms with Crippen molar-refractivity contribution < 1.29 is 50.0 Å². The van der Waals surface area contributed by atoms with Crippen LogP contribution in [-0.2, 0) is 14.2 Å². The van der Waals surface area contributed by atoms with Crippen molar-refractivity contribution in [3.63, 3.8) is 0 Å². The maximum atomic E-state index is 10.1. The summed E-state index contributed by atoms with van der Waals surface area (Å²) in [6.45, 7) is -0.627. The monoisotopic (exact) mass is 355 g/mol. The molecule has 24 heavy (non-hydrogen) atoms. The first-order chi connectivity index (χ1) is 11.2. The zero-order valence-electron chi connectivity index (χ0n) is 13.0. The van der Waals surface area contributed by atoms with Gasteiger partial charge in [-0.1, -0.05) is 0 Å². The number of nitrogens with two attached hydrogens (primary N) is 1. The highest BCUT2D eigenvalue weighted by Gasteiger charge is 2.52. The van der Waals surface area contributed by atoms with E-state index in [1.54, 1.807) is 0 Å². The largest absolute Gasteiger partial charge is 0.394 e. The van der Waals surface area contributed by atoms with Crippen LogP contribution in [0.15, 0.2) is 0 Å². The van der Waals surface area contributed by atoms with Gasteiger partial charge >= 0.3 is 0 Å². The number of aliphatic hydroxyl groups is 7. The fraction of sp³-hybridized carbons (Fsp3) is 1.00. The molecular weight excluding hydrogens is 330 g/mol. The van der Waals surface area contributed by atoms with E-state index in [4.69, 9.17) is 25.1 Å². The average Bonchev–Trinajstić information content (AvgIpc) is 2.57. The van der Waals surface area contributed by atoms with E-state index in [1.807, 2.05) is 0 Å². The van der Waals surface area contributed by atoms with E-state index in [0.717, 1.165) is 0 Å². The van der Waals surface area contributed by atoms with Gasteiger partial charge in [-0.05, 0) is 0 Å². The molecule has 2 rings (SSSR count). The first-order valence-corrected chi connectivity index (χ1v) is 7.53. The molecule has 2 fully saturated rings. The summed E-state index contributed by atoms with van der Waals surface area (Å²) in [6.07, 6.45) is -14.6. The lowest BCUT2D eigenvalue weighted by Gasteiger charge is -2.46. The van der Waals surface area contributed by atoms with Crippen LogP contribution in [0.4, 0.5) is 0 Å². The van der Waals surface area contributed by atoms with Gasteiger partial charge < -0.3 is 55.7 Å². The van der Waals surface area contributed by atoms with Gasteiger partial charge in [0.05, 0.1) is 12.6 Å². The fourth-order valence-electron chi connectivity index (χ4n) is 3.00. The molecule has 0 aromatic rings. The summed E-state index contributed by atoms with van der Waals surface area (Å²) in [4.78, 5) is 0. The lowest BCUT2D eigenvalue weighted by atomic mass is 9.84. The lowest BCUT2D eigenvalue weighted by Crippen LogP contribution is -2.68. The molecule has 142 valence electrons. The summed E-state index contributed by atoms with van der Waals surface area (Å²) in [5, 5.41) is 68.9. The minimum absolute atomic E-state index is 0.627. The average molecular weight is 355 g/mol. The summed E-state index contributed by atoms with van der Waals surface area (Å²) in [5.41, 5.74) is 5.71. The van der Waals surface area contributed by atoms with E-state index in [0.29, 0.717) is 0 Å². The van der Waals surface area contributed by atoms with Gasteiger partial charge in [0.15, 0.2) is 6.29 Å². The molecule has 2 unspecified atom stereocenters. The van der Waals surface area contributed by atoms with Gasteiger partial charge in [0.1, 0.15) is 54.9 Å². The number of ether oxygens (including phenoxy) is 3. The number of hydrogen-bond acceptors (Lipinski definition) is 11. The van der Waals surface area contributed by atoms with Gasteiger partial charge in [-0.15, -0.1) is 0 Å². The van der Waals surface area contributed by atoms with Crippen molar-refractivity contribution in [2.45, 2.75) is 67.3 Å². The molecule has 0 amide bonds. The molecule has 0 aromatic carbocycles. The van der Waals surface area contributed by atoms with Gasteiger partial charge in [0, 0.05) is 7.11 Å². The molecule has 9 N–H and O–H groups in total. The number of hydrogen-bond donors (Lipinski definition) is 8. The molecule has 1 aliphatic heterocycles. The van der Waals surface area contributed by atoms with Crippen LogP contribution in [0.25, 0.3) is 0 Å². The van der Waals surface area contributed by atoms with Crippen molar-refractivity contribution in [1.82, 2.24) is 0 Å². The minimum Gasteiger partial charge on any atom is -0.394 e. The SMILES string of the molecule is COC1[C@@H](O)[C@@H](O)C(O[C@H]2O[C@H](CO)[C@@H](O)[C@H](O)[C@H]2N)[C@H](O)[C@H]1O. The molecule has 11 atom stereocenters. The summed E-state index contributed by atoms with van der Waals surface area (Å²) >= 11 is 0. The van der Waals surface area contributed by atoms with E-state index in [9.17, 15) is 30.6 Å². The smallest absolute Gasteiger partial charge is 0.176 e. The van der Waals surface area contributed by atoms with Crippen LogP contribution in [0, 0.1) is 0 Å². The Labute approximate surface area is 137 Å². The lowest BCUT2D eigenvalue weighted by molar-refractivity contribution is -0.317. The Bertz CT molecular complexity index is 396. The third-order valence-electron chi connectivity index (χ3n) is 4.54. The molecule has 1 saturated carbocycles. The van der Waals surface area contributed by atoms with E-state index in [1.165, 1.54) is 7.11 Å². The van der Waals surface area contributed by atoms with Crippen molar-refractivity contribution in [3.8, 4) is 0 Å². The molecule has 1 heterocycles. The summed E-state index contributed by atoms with van der Waals surface area (Å²) in [6, 6.07) is -1.25. The maximum Gasteiger partial charge on any atom is 0.176 e. The summed E-state index contributed by atoms with van der Waals surface area (Å²) in [5.74, 6) is 0. The summed E-state index contributed by atoms with van der Waals surface area (Å²) < 4.78 is 15.4. The van der Waals surface area contributed by atoms with Crippen LogP contribution in [0.5, 0.6) is 0 Å². The third-order valence-corrected chi connectivity index (χ3v) is 4.54. The normalized spacial score (nSPS) is 53.1. The van der Waals surface area contributed by atoms with Gasteiger partial charge in [0.2, 0.25) is 0 Å². The molecule has 2 aliphatic rings. The molecule has 11 heteroatoms. The van der Waals surface area contributed by atoms with E-state index < -0.39 is 73.9 Å². The van der Waals surface area contributed by atoms with E-state index in [2.05, 4.69) is 0 Å². The number of methoxy groups -OCH3 is 1. The second kappa shape index (κ2) is 7.85. The van der Waals surface area contributed by atoms with Crippen molar-refractivity contribution in [2.75, 3.05) is 13.7 Å². The molecule has 0 aromatic heterocycles. The molecule has 0 spiro atoms. The van der Waals surface area contributed by atoms with Crippen molar-refractivity contribution in [2.24, 2.45) is 5.73 Å². The third kappa shape index (κ3) is 3.43. The zero-order valence-corrected chi connectivity index (χ0v) is 13.0. The van der Waals surface area contributed by atoms with Crippen LogP contribution in [-0.4, -0.2) is 117 Å². The highest BCUT2D eigenvalue weighted by Crippen LogP contribution is 2.29. The second-order valence-electron chi connectivity index (χ2n) is 6.05. The Hall–Kier alpha value is -0.440. The summed E-state index contributed by atoms with van der Waals surface area (Å²) in [7, 11) is 1.20. The molecule has 11 nitrogen and oxygen atoms in total.